The largest absolute Gasteiger partial charge is 0.468 e. The highest BCUT2D eigenvalue weighted by Gasteiger charge is 2.18. The summed E-state index contributed by atoms with van der Waals surface area (Å²) in [6.07, 6.45) is 5.41. The van der Waals surface area contributed by atoms with E-state index in [1.807, 2.05) is 12.1 Å². The number of hydrogen-bond donors (Lipinski definition) is 1. The Balaban J connectivity index is 1.84. The van der Waals surface area contributed by atoms with E-state index in [0.29, 0.717) is 0 Å². The molecule has 1 aromatic heterocycles. The summed E-state index contributed by atoms with van der Waals surface area (Å²) in [7, 11) is 0. The molecule has 1 aliphatic rings. The molecule has 1 unspecified atom stereocenters. The van der Waals surface area contributed by atoms with Crippen LogP contribution in [0, 0.1) is 5.92 Å². The van der Waals surface area contributed by atoms with Crippen molar-refractivity contribution in [2.75, 3.05) is 11.5 Å². The number of rotatable bonds is 3. The molecule has 1 saturated heterocycles. The van der Waals surface area contributed by atoms with Gasteiger partial charge in [0.25, 0.3) is 0 Å². The first kappa shape index (κ1) is 10.1. The first-order valence-electron chi connectivity index (χ1n) is 5.23. The fraction of sp³-hybridized carbons (Fsp3) is 0.636. The van der Waals surface area contributed by atoms with Crippen LogP contribution < -0.4 is 5.73 Å². The molecule has 0 radical (unpaired) electrons. The van der Waals surface area contributed by atoms with Gasteiger partial charge in [0, 0.05) is 0 Å². The monoisotopic (exact) mass is 211 g/mol. The summed E-state index contributed by atoms with van der Waals surface area (Å²) >= 11 is 2.06. The zero-order valence-electron chi connectivity index (χ0n) is 8.32. The maximum absolute atomic E-state index is 6.07. The van der Waals surface area contributed by atoms with Gasteiger partial charge in [-0.15, -0.1) is 0 Å². The minimum absolute atomic E-state index is 0.0955. The molecule has 2 heterocycles. The third-order valence-corrected chi connectivity index (χ3v) is 3.89. The van der Waals surface area contributed by atoms with Gasteiger partial charge in [-0.3, -0.25) is 0 Å². The van der Waals surface area contributed by atoms with Crippen LogP contribution in [0.4, 0.5) is 0 Å². The molecule has 2 rings (SSSR count). The van der Waals surface area contributed by atoms with Crippen molar-refractivity contribution in [2.24, 2.45) is 11.7 Å². The van der Waals surface area contributed by atoms with Crippen LogP contribution in [0.25, 0.3) is 0 Å². The van der Waals surface area contributed by atoms with Crippen LogP contribution in [0.1, 0.15) is 31.1 Å². The molecular weight excluding hydrogens is 194 g/mol. The zero-order valence-corrected chi connectivity index (χ0v) is 9.13. The second-order valence-electron chi connectivity index (χ2n) is 3.91. The summed E-state index contributed by atoms with van der Waals surface area (Å²) < 4.78 is 5.31. The summed E-state index contributed by atoms with van der Waals surface area (Å²) in [4.78, 5) is 0. The number of nitrogens with two attached hydrogens (primary N) is 1. The van der Waals surface area contributed by atoms with Gasteiger partial charge < -0.3 is 10.2 Å². The molecule has 0 bridgehead atoms. The van der Waals surface area contributed by atoms with Gasteiger partial charge in [0.15, 0.2) is 0 Å². The molecule has 3 heteroatoms. The van der Waals surface area contributed by atoms with Crippen molar-refractivity contribution in [1.82, 2.24) is 0 Å². The summed E-state index contributed by atoms with van der Waals surface area (Å²) in [6, 6.07) is 3.98. The molecule has 14 heavy (non-hydrogen) atoms. The maximum Gasteiger partial charge on any atom is 0.120 e. The Kier molecular flexibility index (Phi) is 3.54. The van der Waals surface area contributed by atoms with E-state index in [0.717, 1.165) is 18.1 Å². The van der Waals surface area contributed by atoms with Gasteiger partial charge in [-0.25, -0.2) is 0 Å². The summed E-state index contributed by atoms with van der Waals surface area (Å²) in [5, 5.41) is 0. The number of furan rings is 1. The van der Waals surface area contributed by atoms with Crippen LogP contribution in [-0.2, 0) is 0 Å². The molecule has 0 aliphatic carbocycles. The van der Waals surface area contributed by atoms with Gasteiger partial charge >= 0.3 is 0 Å². The van der Waals surface area contributed by atoms with Crippen molar-refractivity contribution >= 4 is 11.8 Å². The molecule has 1 aromatic rings. The van der Waals surface area contributed by atoms with Crippen molar-refractivity contribution in [3.05, 3.63) is 24.2 Å². The minimum Gasteiger partial charge on any atom is -0.468 e. The molecule has 1 atom stereocenters. The Morgan fingerprint density at radius 2 is 2.29 bits per heavy atom. The predicted molar refractivity (Wildman–Crippen MR) is 60.3 cm³/mol. The molecular formula is C11H17NOS. The van der Waals surface area contributed by atoms with Crippen molar-refractivity contribution in [3.63, 3.8) is 0 Å². The van der Waals surface area contributed by atoms with E-state index in [2.05, 4.69) is 11.8 Å². The Bertz CT molecular complexity index is 254. The van der Waals surface area contributed by atoms with E-state index in [1.54, 1.807) is 6.26 Å². The lowest BCUT2D eigenvalue weighted by atomic mass is 9.94. The Labute approximate surface area is 89.2 Å². The lowest BCUT2D eigenvalue weighted by molar-refractivity contribution is 0.371. The van der Waals surface area contributed by atoms with Crippen LogP contribution in [0.15, 0.2) is 22.8 Å². The smallest absolute Gasteiger partial charge is 0.120 e. The zero-order chi connectivity index (χ0) is 9.80. The standard InChI is InChI=1S/C11H17NOS/c12-10(11-2-1-5-13-11)8-9-3-6-14-7-4-9/h1-2,5,9-10H,3-4,6-8,12H2. The van der Waals surface area contributed by atoms with Crippen molar-refractivity contribution in [1.29, 1.82) is 0 Å². The molecule has 2 nitrogen and oxygen atoms in total. The van der Waals surface area contributed by atoms with Gasteiger partial charge in [-0.05, 0) is 48.8 Å². The third-order valence-electron chi connectivity index (χ3n) is 2.84. The first-order valence-corrected chi connectivity index (χ1v) is 6.38. The van der Waals surface area contributed by atoms with Crippen molar-refractivity contribution < 1.29 is 4.42 Å². The average molecular weight is 211 g/mol. The molecule has 78 valence electrons. The van der Waals surface area contributed by atoms with Gasteiger partial charge in [0.05, 0.1) is 12.3 Å². The van der Waals surface area contributed by atoms with Gasteiger partial charge in [-0.1, -0.05) is 0 Å². The Morgan fingerprint density at radius 3 is 2.93 bits per heavy atom. The molecule has 2 N–H and O–H groups in total. The Morgan fingerprint density at radius 1 is 1.50 bits per heavy atom. The highest BCUT2D eigenvalue weighted by molar-refractivity contribution is 7.99. The summed E-state index contributed by atoms with van der Waals surface area (Å²) in [6.45, 7) is 0. The minimum atomic E-state index is 0.0955. The number of thioether (sulfide) groups is 1. The van der Waals surface area contributed by atoms with E-state index in [1.165, 1.54) is 24.3 Å². The highest BCUT2D eigenvalue weighted by atomic mass is 32.2. The Hall–Kier alpha value is -0.410. The summed E-state index contributed by atoms with van der Waals surface area (Å²) in [5.41, 5.74) is 6.07. The van der Waals surface area contributed by atoms with E-state index in [-0.39, 0.29) is 6.04 Å². The normalized spacial score (nSPS) is 20.9. The topological polar surface area (TPSA) is 39.2 Å². The van der Waals surface area contributed by atoms with Crippen LogP contribution in [0.2, 0.25) is 0 Å². The molecule has 0 spiro atoms. The van der Waals surface area contributed by atoms with Gasteiger partial charge in [0.1, 0.15) is 5.76 Å². The third kappa shape index (κ3) is 2.55. The lowest BCUT2D eigenvalue weighted by Gasteiger charge is -2.23. The highest BCUT2D eigenvalue weighted by Crippen LogP contribution is 2.29. The predicted octanol–water partition coefficient (Wildman–Crippen LogP) is 2.81. The SMILES string of the molecule is NC(CC1CCSCC1)c1ccco1. The summed E-state index contributed by atoms with van der Waals surface area (Å²) in [5.74, 6) is 4.34. The first-order chi connectivity index (χ1) is 6.86. The molecule has 0 saturated carbocycles. The van der Waals surface area contributed by atoms with E-state index in [4.69, 9.17) is 10.2 Å². The quantitative estimate of drug-likeness (QED) is 0.835. The molecule has 1 fully saturated rings. The second-order valence-corrected chi connectivity index (χ2v) is 5.14. The van der Waals surface area contributed by atoms with Gasteiger partial charge in [0.2, 0.25) is 0 Å². The molecule has 0 amide bonds. The lowest BCUT2D eigenvalue weighted by Crippen LogP contribution is -2.18. The van der Waals surface area contributed by atoms with Crippen LogP contribution in [0.5, 0.6) is 0 Å². The molecule has 1 aliphatic heterocycles. The second kappa shape index (κ2) is 4.89. The number of hydrogen-bond acceptors (Lipinski definition) is 3. The van der Waals surface area contributed by atoms with Crippen molar-refractivity contribution in [2.45, 2.75) is 25.3 Å². The van der Waals surface area contributed by atoms with E-state index < -0.39 is 0 Å². The van der Waals surface area contributed by atoms with Crippen LogP contribution in [0.3, 0.4) is 0 Å². The fourth-order valence-corrected chi connectivity index (χ4v) is 3.16. The van der Waals surface area contributed by atoms with Crippen molar-refractivity contribution in [3.8, 4) is 0 Å². The van der Waals surface area contributed by atoms with Crippen LogP contribution >= 0.6 is 11.8 Å². The molecule has 0 aromatic carbocycles. The average Bonchev–Trinajstić information content (AvgIpc) is 2.72. The van der Waals surface area contributed by atoms with Gasteiger partial charge in [-0.2, -0.15) is 11.8 Å². The van der Waals surface area contributed by atoms with E-state index in [9.17, 15) is 0 Å². The maximum atomic E-state index is 6.07. The fourth-order valence-electron chi connectivity index (χ4n) is 1.96. The van der Waals surface area contributed by atoms with E-state index >= 15 is 0 Å². The van der Waals surface area contributed by atoms with Crippen LogP contribution in [-0.4, -0.2) is 11.5 Å².